The maximum absolute atomic E-state index is 15.6. The van der Waals surface area contributed by atoms with Crippen molar-refractivity contribution in [2.45, 2.75) is 176 Å². The lowest BCUT2D eigenvalue weighted by molar-refractivity contribution is -0.204. The van der Waals surface area contributed by atoms with Gasteiger partial charge in [-0.1, -0.05) is 72.7 Å². The summed E-state index contributed by atoms with van der Waals surface area (Å²) < 4.78 is 17.7. The lowest BCUT2D eigenvalue weighted by atomic mass is 9.47. The second-order valence-electron chi connectivity index (χ2n) is 32.3. The summed E-state index contributed by atoms with van der Waals surface area (Å²) >= 11 is 0. The Hall–Kier alpha value is -11.4. The number of aliphatic hydroxyl groups is 3. The summed E-state index contributed by atoms with van der Waals surface area (Å²) in [5, 5.41) is 81.6. The number of carbonyl (C=O) groups excluding carboxylic acids is 7. The smallest absolute Gasteiger partial charge is 0.426 e. The van der Waals surface area contributed by atoms with Gasteiger partial charge in [0.15, 0.2) is 22.7 Å². The maximum atomic E-state index is 15.6. The average Bonchev–Trinajstić information content (AvgIpc) is 1.49. The lowest BCUT2D eigenvalue weighted by Gasteiger charge is -2.63. The van der Waals surface area contributed by atoms with Crippen LogP contribution in [0, 0.1) is 17.3 Å². The minimum atomic E-state index is -2.68. The van der Waals surface area contributed by atoms with E-state index in [-0.39, 0.29) is 91.3 Å². The van der Waals surface area contributed by atoms with E-state index in [4.69, 9.17) is 31.4 Å². The summed E-state index contributed by atoms with van der Waals surface area (Å²) in [5.74, 6) is -10.7. The Balaban J connectivity index is 0.000000480. The molecular weight excluding hydrogens is 1640 g/mol. The summed E-state index contributed by atoms with van der Waals surface area (Å²) in [6.07, 6.45) is 3.66. The fourth-order valence-corrected chi connectivity index (χ4v) is 20.8. The lowest BCUT2D eigenvalue weighted by Crippen LogP contribution is -2.82. The van der Waals surface area contributed by atoms with Crippen LogP contribution in [0.15, 0.2) is 88.8 Å². The van der Waals surface area contributed by atoms with Crippen LogP contribution < -0.4 is 69.8 Å². The molecule has 1 aliphatic carbocycles. The Morgan fingerprint density at radius 2 is 1.51 bits per heavy atom. The number of nitrogens with two attached hydrogens (primary N) is 3. The highest BCUT2D eigenvalue weighted by Gasteiger charge is 2.79. The van der Waals surface area contributed by atoms with Gasteiger partial charge in [0.25, 0.3) is 17.4 Å². The number of hydrogen-bond acceptors (Lipinski definition) is 28. The van der Waals surface area contributed by atoms with Gasteiger partial charge in [0.05, 0.1) is 57.1 Å². The summed E-state index contributed by atoms with van der Waals surface area (Å²) in [4.78, 5) is 173. The Labute approximate surface area is 715 Å². The van der Waals surface area contributed by atoms with Gasteiger partial charge in [0.1, 0.15) is 42.0 Å². The summed E-state index contributed by atoms with van der Waals surface area (Å²) in [7, 11) is 6.54. The topological polar surface area (TPSA) is 591 Å². The van der Waals surface area contributed by atoms with Crippen molar-refractivity contribution in [3.8, 4) is 5.75 Å². The molecule has 1 unspecified atom stereocenters. The molecule has 3 aromatic heterocycles. The molecule has 12 rings (SSSR count). The van der Waals surface area contributed by atoms with Crippen molar-refractivity contribution in [1.29, 1.82) is 0 Å². The van der Waals surface area contributed by atoms with Crippen molar-refractivity contribution in [1.82, 2.24) is 66.8 Å². The first-order chi connectivity index (χ1) is 58.5. The van der Waals surface area contributed by atoms with Crippen LogP contribution in [0.2, 0.25) is 0 Å². The number of aromatic amines is 2. The third-order valence-electron chi connectivity index (χ3n) is 24.2. The molecule has 6 amide bonds. The number of nitrogens with zero attached hydrogens (tertiary/aromatic N) is 7. The first-order valence-electron chi connectivity index (χ1n) is 40.7. The molecule has 41 heteroatoms. The number of methoxy groups -OCH3 is 2. The van der Waals surface area contributed by atoms with E-state index in [0.717, 1.165) is 43.7 Å². The number of amides is 6. The van der Waals surface area contributed by atoms with Crippen LogP contribution in [-0.2, 0) is 71.6 Å². The van der Waals surface area contributed by atoms with Crippen LogP contribution in [0.4, 0.5) is 22.1 Å². The van der Waals surface area contributed by atoms with Crippen molar-refractivity contribution in [3.05, 3.63) is 123 Å². The normalized spacial score (nSPS) is 24.4. The van der Waals surface area contributed by atoms with Crippen LogP contribution in [-0.4, -0.2) is 263 Å². The molecule has 5 aliphatic heterocycles. The zero-order valence-electron chi connectivity index (χ0n) is 69.6. The van der Waals surface area contributed by atoms with E-state index < -0.39 is 142 Å². The molecule has 1 spiro atoms. The van der Waals surface area contributed by atoms with Gasteiger partial charge in [0, 0.05) is 125 Å². The van der Waals surface area contributed by atoms with E-state index in [1.54, 1.807) is 43.1 Å². The minimum absolute atomic E-state index is 0.00395. The molecule has 0 radical (unpaired) electrons. The second kappa shape index (κ2) is 39.0. The van der Waals surface area contributed by atoms with Gasteiger partial charge in [-0.05, 0) is 132 Å². The average molecular weight is 1750 g/mol. The number of aliphatic hydroxyl groups excluding tert-OH is 1. The Kier molecular flexibility index (Phi) is 29.3. The van der Waals surface area contributed by atoms with Crippen LogP contribution in [0.3, 0.4) is 0 Å². The fourth-order valence-electron chi connectivity index (χ4n) is 18.8. The maximum Gasteiger partial charge on any atom is 0.426 e. The SMILES string of the molecule is CC(C)NC(=O)c1ccc(NCc2cnc3nc(N)[nH]c(=O)c3n2)cc1.CC[C@@H](CCCN=C(N)N)C(=O)N[C@@H](CC(=O)O)C(=O)N[C@@H](CC(=O)O)C(=O)N[C@@H](CSSCCOC(=O)NNC(=O)[C@@]1(O)[C@H](O)[C@]2(CC)C=CCN3CC[C@@]4(c5cc([C@@]6(C(=O)OC)C[C@@H]7CN(CCc8c6[nH]c6ccccc86)C[C@](O)(CC)C7)c(OC)cc5N(C)[C@@H]14)[C@@H]32)C(=O)O. The third kappa shape index (κ3) is 19.4. The molecule has 3 aromatic carbocycles. The summed E-state index contributed by atoms with van der Waals surface area (Å²) in [5.41, 5.74) is 19.1. The highest BCUT2D eigenvalue weighted by atomic mass is 33.1. The van der Waals surface area contributed by atoms with E-state index in [9.17, 15) is 73.8 Å². The first kappa shape index (κ1) is 92.4. The van der Waals surface area contributed by atoms with E-state index >= 15 is 9.59 Å². The van der Waals surface area contributed by atoms with Gasteiger partial charge in [0.2, 0.25) is 23.7 Å². The number of benzene rings is 3. The second-order valence-corrected chi connectivity index (χ2v) is 34.9. The van der Waals surface area contributed by atoms with E-state index in [2.05, 4.69) is 77.1 Å². The van der Waals surface area contributed by atoms with Crippen molar-refractivity contribution in [2.24, 2.45) is 33.7 Å². The molecule has 39 nitrogen and oxygen atoms in total. The number of H-pyrrole nitrogens is 2. The number of piperidine rings is 1. The summed E-state index contributed by atoms with van der Waals surface area (Å²) in [6, 6.07) is 11.8. The monoisotopic (exact) mass is 1740 g/mol. The largest absolute Gasteiger partial charge is 0.496 e. The molecule has 2 bridgehead atoms. The van der Waals surface area contributed by atoms with Crippen LogP contribution in [0.25, 0.3) is 22.1 Å². The quantitative estimate of drug-likeness (QED) is 0.00533. The third-order valence-corrected chi connectivity index (χ3v) is 26.6. The Bertz CT molecular complexity index is 5090. The summed E-state index contributed by atoms with van der Waals surface area (Å²) in [6.45, 7) is 12.3. The number of nitrogen functional groups attached to an aromatic ring is 1. The molecule has 3 fully saturated rings. The molecule has 664 valence electrons. The van der Waals surface area contributed by atoms with Gasteiger partial charge in [-0.3, -0.25) is 68.4 Å². The number of aromatic nitrogens is 5. The number of guanidine groups is 1. The number of para-hydroxylation sites is 1. The molecule has 123 heavy (non-hydrogen) atoms. The number of rotatable bonds is 33. The zero-order valence-corrected chi connectivity index (χ0v) is 71.3. The van der Waals surface area contributed by atoms with E-state index in [1.165, 1.54) is 20.4 Å². The van der Waals surface area contributed by atoms with Crippen molar-refractivity contribution in [3.63, 3.8) is 0 Å². The van der Waals surface area contributed by atoms with Gasteiger partial charge in [-0.15, -0.1) is 0 Å². The molecule has 21 N–H and O–H groups in total. The number of carbonyl (C=O) groups is 10. The minimum Gasteiger partial charge on any atom is -0.496 e. The van der Waals surface area contributed by atoms with Crippen LogP contribution in [0.5, 0.6) is 5.75 Å². The molecule has 6 aromatic rings. The number of anilines is 3. The zero-order chi connectivity index (χ0) is 89.2. The van der Waals surface area contributed by atoms with Crippen LogP contribution >= 0.6 is 21.6 Å². The van der Waals surface area contributed by atoms with Crippen molar-refractivity contribution in [2.75, 3.05) is 94.6 Å². The molecule has 14 atom stereocenters. The standard InChI is InChI=1S/C65H90N12O18S2.C17H19N7O2/c1-7-36(14-12-20-68-59(66)67)50(82)70-42(27-47(78)79)51(83)71-43(28-48(80)81)52(84)72-44(53(85)86)33-97-96-25-24-95-60(90)74-73-57(88)65(92)55-63(19-23-77-21-13-18-62(9-3,54(63)77)56(65)87)39-26-40(46(93-5)29-45(39)75(55)4)64(58(89)94-6)31-35-30-61(91,8-2)34-76(32-35)22-17-38-37-15-10-11-16-41(37)69-49(38)64;1-9(2)21-15(25)10-3-5-11(6-4-10)19-7-12-8-20-14-13(22-12)16(26)24-17(18)23-14/h10-11,13,15-16,18,26,29,35-36,42-44,54-56,69,87,91-92H,7-9,12,14,17,19-25,27-28,30-34H2,1-6H3,(H,70,82)(H,71,83)(H,72,84)(H,73,88)(H,74,90)(H,78,79)(H,80,81)(H,85,86)(H4,66,67,68);3-6,8-9,19H,7H2,1-2H3,(H,21,25)(H3,18,20,23,24,26)/t35-,36+,42+,43+,44+,54+,55-,56-,61+,62-,63-,64+,65+;/m1./s1. The van der Waals surface area contributed by atoms with Gasteiger partial charge in [-0.25, -0.2) is 25.0 Å². The first-order valence-corrected chi connectivity index (χ1v) is 43.2. The number of likely N-dealkylation sites (N-methyl/N-ethyl adjacent to an activating group) is 1. The van der Waals surface area contributed by atoms with Crippen LogP contribution in [0.1, 0.15) is 137 Å². The number of carboxylic acid groups (broad SMARTS) is 3. The molecule has 8 heterocycles. The Morgan fingerprint density at radius 3 is 2.16 bits per heavy atom. The predicted molar refractivity (Wildman–Crippen MR) is 457 cm³/mol. The number of carboxylic acids is 3. The van der Waals surface area contributed by atoms with E-state index in [1.807, 2.05) is 76.2 Å². The van der Waals surface area contributed by atoms with E-state index in [0.29, 0.717) is 111 Å². The number of aliphatic imine (C=N–C) groups is 1. The Morgan fingerprint density at radius 1 is 0.813 bits per heavy atom. The number of aliphatic carboxylic acids is 3. The van der Waals surface area contributed by atoms with Crippen molar-refractivity contribution < 1.29 is 92.8 Å². The number of fused-ring (bicyclic) bond motifs is 7. The van der Waals surface area contributed by atoms with Crippen molar-refractivity contribution >= 4 is 126 Å². The molecule has 1 saturated carbocycles. The van der Waals surface area contributed by atoms with Gasteiger partial charge in [-0.2, -0.15) is 4.98 Å². The molecule has 2 saturated heterocycles. The van der Waals surface area contributed by atoms with Gasteiger partial charge >= 0.3 is 30.0 Å². The number of nitrogens with one attached hydrogen (secondary N) is 9. The van der Waals surface area contributed by atoms with Gasteiger partial charge < -0.3 is 98.5 Å². The highest BCUT2D eigenvalue weighted by molar-refractivity contribution is 8.76. The number of ether oxygens (including phenoxy) is 3. The molecular formula is C82H109N19O20S2. The molecule has 6 aliphatic rings. The number of hydrazine groups is 1. The fraction of sp³-hybridized carbons (Fsp3) is 0.524. The predicted octanol–water partition coefficient (Wildman–Crippen LogP) is 2.00. The number of esters is 1. The highest BCUT2D eigenvalue weighted by Crippen LogP contribution is 2.68. The number of hydrogen-bond donors (Lipinski definition) is 18.